The molecule has 0 bridgehead atoms. The van der Waals surface area contributed by atoms with E-state index in [0.717, 1.165) is 48.9 Å². The number of hydrazine groups is 1. The van der Waals surface area contributed by atoms with Gasteiger partial charge in [0.15, 0.2) is 0 Å². The Bertz CT molecular complexity index is 677. The molecule has 25 heavy (non-hydrogen) atoms. The average Bonchev–Trinajstić information content (AvgIpc) is 2.96. The van der Waals surface area contributed by atoms with Crippen LogP contribution in [-0.2, 0) is 0 Å². The van der Waals surface area contributed by atoms with E-state index in [1.807, 2.05) is 17.4 Å². The quantitative estimate of drug-likeness (QED) is 0.453. The third kappa shape index (κ3) is 3.15. The van der Waals surface area contributed by atoms with Crippen molar-refractivity contribution in [2.75, 3.05) is 13.1 Å². The summed E-state index contributed by atoms with van der Waals surface area (Å²) in [5.41, 5.74) is 9.69. The van der Waals surface area contributed by atoms with Crippen LogP contribution in [0.5, 0.6) is 0 Å². The molecule has 4 aliphatic rings. The van der Waals surface area contributed by atoms with Crippen molar-refractivity contribution in [1.29, 1.82) is 0 Å². The summed E-state index contributed by atoms with van der Waals surface area (Å²) in [6.07, 6.45) is 19.2. The molecule has 2 N–H and O–H groups in total. The van der Waals surface area contributed by atoms with Gasteiger partial charge in [-0.05, 0) is 42.4 Å². The summed E-state index contributed by atoms with van der Waals surface area (Å²) in [7, 11) is 0. The Morgan fingerprint density at radius 3 is 3.12 bits per heavy atom. The number of nitrogens with one attached hydrogen (secondary N) is 2. The smallest absolute Gasteiger partial charge is 0.0793 e. The van der Waals surface area contributed by atoms with Crippen LogP contribution in [0.15, 0.2) is 66.4 Å². The molecule has 4 rings (SSSR count). The maximum Gasteiger partial charge on any atom is 0.0793 e. The summed E-state index contributed by atoms with van der Waals surface area (Å²) in [4.78, 5) is 0. The number of nitrogens with zero attached hydrogens (tertiary/aromatic N) is 1. The van der Waals surface area contributed by atoms with Crippen molar-refractivity contribution >= 4 is 0 Å². The molecule has 5 unspecified atom stereocenters. The summed E-state index contributed by atoms with van der Waals surface area (Å²) in [5.74, 6) is 3.59. The topological polar surface area (TPSA) is 27.3 Å². The molecule has 1 heterocycles. The van der Waals surface area contributed by atoms with Gasteiger partial charge in [-0.15, -0.1) is 0 Å². The second-order valence-electron chi connectivity index (χ2n) is 7.71. The first kappa shape index (κ1) is 16.5. The van der Waals surface area contributed by atoms with E-state index in [0.29, 0.717) is 5.92 Å². The van der Waals surface area contributed by atoms with Crippen LogP contribution in [0.1, 0.15) is 26.2 Å². The Morgan fingerprint density at radius 2 is 2.32 bits per heavy atom. The first-order valence-corrected chi connectivity index (χ1v) is 9.65. The van der Waals surface area contributed by atoms with Crippen LogP contribution in [-0.4, -0.2) is 18.1 Å². The Morgan fingerprint density at radius 1 is 1.40 bits per heavy atom. The first-order chi connectivity index (χ1) is 12.3. The molecule has 0 saturated heterocycles. The molecule has 0 aromatic carbocycles. The van der Waals surface area contributed by atoms with Crippen LogP contribution in [0, 0.1) is 29.6 Å². The first-order valence-electron chi connectivity index (χ1n) is 9.65. The molecule has 0 aromatic heterocycles. The van der Waals surface area contributed by atoms with E-state index in [4.69, 9.17) is 0 Å². The van der Waals surface area contributed by atoms with Crippen molar-refractivity contribution in [3.05, 3.63) is 66.4 Å². The van der Waals surface area contributed by atoms with E-state index in [2.05, 4.69) is 60.4 Å². The lowest BCUT2D eigenvalue weighted by atomic mass is 9.77. The summed E-state index contributed by atoms with van der Waals surface area (Å²) < 4.78 is 0. The summed E-state index contributed by atoms with van der Waals surface area (Å²) >= 11 is 0. The van der Waals surface area contributed by atoms with E-state index in [9.17, 15) is 0 Å². The third-order valence-electron chi connectivity index (χ3n) is 6.38. The second kappa shape index (κ2) is 7.11. The summed E-state index contributed by atoms with van der Waals surface area (Å²) in [6, 6.07) is 0. The Hall–Kier alpha value is -1.96. The fourth-order valence-electron chi connectivity index (χ4n) is 5.03. The molecule has 5 atom stereocenters. The van der Waals surface area contributed by atoms with E-state index in [-0.39, 0.29) is 0 Å². The molecule has 1 aliphatic heterocycles. The van der Waals surface area contributed by atoms with Crippen LogP contribution in [0.3, 0.4) is 0 Å². The van der Waals surface area contributed by atoms with Gasteiger partial charge in [-0.2, -0.15) is 0 Å². The molecule has 0 spiro atoms. The molecule has 0 amide bonds. The molecule has 3 nitrogen and oxygen atoms in total. The fourth-order valence-corrected chi connectivity index (χ4v) is 5.03. The second-order valence-corrected chi connectivity index (χ2v) is 7.71. The standard InChI is InChI=1S/C22H29N3/c1-3-25(18-10-12-23-13-11-18)24-15-17-8-9-20-16(2)19-6-4-5-7-21(19)22(20)14-17/h3-5,7-9,13,16-17,19-20,22-24H,1,6,10,12,14-15H2,2H3. The van der Waals surface area contributed by atoms with Crippen molar-refractivity contribution < 1.29 is 0 Å². The molecule has 1 fully saturated rings. The van der Waals surface area contributed by atoms with E-state index in [1.165, 1.54) is 12.8 Å². The molecule has 0 radical (unpaired) electrons. The third-order valence-corrected chi connectivity index (χ3v) is 6.38. The highest BCUT2D eigenvalue weighted by Gasteiger charge is 2.44. The van der Waals surface area contributed by atoms with Gasteiger partial charge < -0.3 is 5.32 Å². The monoisotopic (exact) mass is 335 g/mol. The fraction of sp³-hybridized carbons (Fsp3) is 0.500. The zero-order valence-corrected chi connectivity index (χ0v) is 15.1. The van der Waals surface area contributed by atoms with Gasteiger partial charge in [0, 0.05) is 31.9 Å². The van der Waals surface area contributed by atoms with Gasteiger partial charge in [-0.3, -0.25) is 5.01 Å². The molecule has 3 aliphatic carbocycles. The number of rotatable bonds is 5. The van der Waals surface area contributed by atoms with Crippen LogP contribution < -0.4 is 10.7 Å². The van der Waals surface area contributed by atoms with E-state index >= 15 is 0 Å². The van der Waals surface area contributed by atoms with Gasteiger partial charge in [0.05, 0.1) is 5.70 Å². The van der Waals surface area contributed by atoms with Crippen molar-refractivity contribution in [1.82, 2.24) is 15.8 Å². The lowest BCUT2D eigenvalue weighted by Gasteiger charge is -2.31. The predicted molar refractivity (Wildman–Crippen MR) is 103 cm³/mol. The highest BCUT2D eigenvalue weighted by atomic mass is 15.5. The molecule has 1 saturated carbocycles. The highest BCUT2D eigenvalue weighted by molar-refractivity contribution is 5.32. The lowest BCUT2D eigenvalue weighted by Crippen LogP contribution is -2.38. The van der Waals surface area contributed by atoms with Crippen molar-refractivity contribution in [2.24, 2.45) is 29.6 Å². The van der Waals surface area contributed by atoms with Gasteiger partial charge >= 0.3 is 0 Å². The maximum atomic E-state index is 3.95. The lowest BCUT2D eigenvalue weighted by molar-refractivity contribution is 0.269. The number of hydrogen-bond donors (Lipinski definition) is 2. The minimum Gasteiger partial charge on any atom is -0.384 e. The Balaban J connectivity index is 1.42. The van der Waals surface area contributed by atoms with Crippen LogP contribution in [0.4, 0.5) is 0 Å². The zero-order valence-electron chi connectivity index (χ0n) is 15.1. The molecule has 3 heteroatoms. The number of fused-ring (bicyclic) bond motifs is 3. The van der Waals surface area contributed by atoms with E-state index in [1.54, 1.807) is 5.57 Å². The highest BCUT2D eigenvalue weighted by Crippen LogP contribution is 2.53. The van der Waals surface area contributed by atoms with Crippen molar-refractivity contribution in [3.8, 4) is 0 Å². The molecular formula is C22H29N3. The summed E-state index contributed by atoms with van der Waals surface area (Å²) in [6.45, 7) is 8.31. The SMILES string of the molecule is C=CN(NCC1C=CC2C(C1)C1=CC=CCC1C2C)C1=C=CNCC1. The van der Waals surface area contributed by atoms with Crippen molar-refractivity contribution in [3.63, 3.8) is 0 Å². The van der Waals surface area contributed by atoms with Crippen LogP contribution in [0.25, 0.3) is 0 Å². The van der Waals surface area contributed by atoms with Gasteiger partial charge in [0.25, 0.3) is 0 Å². The van der Waals surface area contributed by atoms with Gasteiger partial charge in [-0.1, -0.05) is 55.2 Å². The van der Waals surface area contributed by atoms with Crippen LogP contribution in [0.2, 0.25) is 0 Å². The van der Waals surface area contributed by atoms with Gasteiger partial charge in [-0.25, -0.2) is 5.43 Å². The van der Waals surface area contributed by atoms with Crippen molar-refractivity contribution in [2.45, 2.75) is 26.2 Å². The normalized spacial score (nSPS) is 35.3. The van der Waals surface area contributed by atoms with Crippen LogP contribution >= 0.6 is 0 Å². The number of allylic oxidation sites excluding steroid dienone is 5. The average molecular weight is 335 g/mol. The maximum absolute atomic E-state index is 3.95. The Kier molecular flexibility index (Phi) is 4.70. The zero-order chi connectivity index (χ0) is 17.2. The van der Waals surface area contributed by atoms with Gasteiger partial charge in [0.2, 0.25) is 0 Å². The number of hydrogen-bond acceptors (Lipinski definition) is 3. The predicted octanol–water partition coefficient (Wildman–Crippen LogP) is 3.89. The minimum absolute atomic E-state index is 0.577. The van der Waals surface area contributed by atoms with Gasteiger partial charge in [0.1, 0.15) is 0 Å². The molecular weight excluding hydrogens is 306 g/mol. The Labute approximate surface area is 151 Å². The largest absolute Gasteiger partial charge is 0.384 e. The molecule has 132 valence electrons. The molecule has 0 aromatic rings. The summed E-state index contributed by atoms with van der Waals surface area (Å²) in [5, 5.41) is 5.23. The van der Waals surface area contributed by atoms with E-state index < -0.39 is 0 Å². The minimum atomic E-state index is 0.577.